The van der Waals surface area contributed by atoms with Gasteiger partial charge in [-0.25, -0.2) is 0 Å². The highest BCUT2D eigenvalue weighted by Gasteiger charge is 2.21. The molecule has 0 saturated carbocycles. The van der Waals surface area contributed by atoms with Gasteiger partial charge < -0.3 is 10.6 Å². The van der Waals surface area contributed by atoms with Gasteiger partial charge in [0.15, 0.2) is 0 Å². The quantitative estimate of drug-likeness (QED) is 0.706. The van der Waals surface area contributed by atoms with E-state index in [0.29, 0.717) is 5.91 Å². The third kappa shape index (κ3) is 4.20. The lowest BCUT2D eigenvalue weighted by molar-refractivity contribution is -0.136. The molecule has 1 aliphatic heterocycles. The molecule has 1 fully saturated rings. The molecule has 0 spiro atoms. The molecule has 0 aliphatic carbocycles. The van der Waals surface area contributed by atoms with Crippen molar-refractivity contribution in [3.8, 4) is 0 Å². The summed E-state index contributed by atoms with van der Waals surface area (Å²) in [6.45, 7) is 4.73. The van der Waals surface area contributed by atoms with E-state index in [1.165, 1.54) is 19.3 Å². The molecule has 1 amide bonds. The fourth-order valence-electron chi connectivity index (χ4n) is 2.14. The summed E-state index contributed by atoms with van der Waals surface area (Å²) in [6, 6.07) is 0. The largest absolute Gasteiger partial charge is 0.342 e. The van der Waals surface area contributed by atoms with E-state index >= 15 is 0 Å². The van der Waals surface area contributed by atoms with E-state index < -0.39 is 0 Å². The van der Waals surface area contributed by atoms with Gasteiger partial charge in [-0.15, -0.1) is 0 Å². The standard InChI is InChI=1S/C12H24N2O/c1-11(7-3-4-8-13)12(15)14-9-5-2-6-10-14/h11H,2-10,13H2,1H3/t11-/m0/s1. The minimum Gasteiger partial charge on any atom is -0.342 e. The van der Waals surface area contributed by atoms with Crippen molar-refractivity contribution in [3.63, 3.8) is 0 Å². The number of piperidine rings is 1. The Hall–Kier alpha value is -0.570. The number of hydrogen-bond donors (Lipinski definition) is 1. The number of unbranched alkanes of at least 4 members (excludes halogenated alkanes) is 1. The van der Waals surface area contributed by atoms with E-state index in [1.807, 2.05) is 11.8 Å². The predicted molar refractivity (Wildman–Crippen MR) is 62.5 cm³/mol. The Morgan fingerprint density at radius 1 is 1.27 bits per heavy atom. The van der Waals surface area contributed by atoms with Gasteiger partial charge >= 0.3 is 0 Å². The molecule has 0 radical (unpaired) electrons. The maximum atomic E-state index is 12.0. The Labute approximate surface area is 93.0 Å². The second-order valence-electron chi connectivity index (χ2n) is 4.57. The monoisotopic (exact) mass is 212 g/mol. The summed E-state index contributed by atoms with van der Waals surface area (Å²) in [5, 5.41) is 0. The zero-order chi connectivity index (χ0) is 11.1. The van der Waals surface area contributed by atoms with Crippen LogP contribution >= 0.6 is 0 Å². The lowest BCUT2D eigenvalue weighted by Crippen LogP contribution is -2.38. The normalized spacial score (nSPS) is 18.9. The fourth-order valence-corrected chi connectivity index (χ4v) is 2.14. The van der Waals surface area contributed by atoms with Gasteiger partial charge in [-0.1, -0.05) is 13.3 Å². The molecule has 88 valence electrons. The van der Waals surface area contributed by atoms with Crippen LogP contribution in [0, 0.1) is 5.92 Å². The second kappa shape index (κ2) is 6.83. The molecule has 0 bridgehead atoms. The minimum absolute atomic E-state index is 0.189. The lowest BCUT2D eigenvalue weighted by atomic mass is 10.0. The Kier molecular flexibility index (Phi) is 5.69. The molecule has 1 saturated heterocycles. The first-order valence-electron chi connectivity index (χ1n) is 6.24. The number of carbonyl (C=O) groups excluding carboxylic acids is 1. The Bertz CT molecular complexity index is 188. The summed E-state index contributed by atoms with van der Waals surface area (Å²) in [7, 11) is 0. The molecule has 0 aromatic rings. The first-order chi connectivity index (χ1) is 7.25. The van der Waals surface area contributed by atoms with E-state index in [2.05, 4.69) is 0 Å². The maximum absolute atomic E-state index is 12.0. The highest BCUT2D eigenvalue weighted by atomic mass is 16.2. The predicted octanol–water partition coefficient (Wildman–Crippen LogP) is 1.76. The highest BCUT2D eigenvalue weighted by Crippen LogP contribution is 2.15. The number of nitrogens with two attached hydrogens (primary N) is 1. The number of amides is 1. The van der Waals surface area contributed by atoms with E-state index in [4.69, 9.17) is 5.73 Å². The van der Waals surface area contributed by atoms with Crippen molar-refractivity contribution < 1.29 is 4.79 Å². The summed E-state index contributed by atoms with van der Waals surface area (Å²) in [5.41, 5.74) is 5.44. The first kappa shape index (κ1) is 12.5. The van der Waals surface area contributed by atoms with Crippen LogP contribution in [-0.2, 0) is 4.79 Å². The maximum Gasteiger partial charge on any atom is 0.225 e. The van der Waals surface area contributed by atoms with Crippen LogP contribution in [0.25, 0.3) is 0 Å². The zero-order valence-electron chi connectivity index (χ0n) is 9.87. The number of hydrogen-bond acceptors (Lipinski definition) is 2. The van der Waals surface area contributed by atoms with Gasteiger partial charge in [0.2, 0.25) is 5.91 Å². The molecule has 0 aromatic carbocycles. The van der Waals surface area contributed by atoms with Crippen LogP contribution in [-0.4, -0.2) is 30.4 Å². The van der Waals surface area contributed by atoms with Gasteiger partial charge in [-0.3, -0.25) is 4.79 Å². The Morgan fingerprint density at radius 2 is 1.93 bits per heavy atom. The van der Waals surface area contributed by atoms with Gasteiger partial charge in [0.25, 0.3) is 0 Å². The first-order valence-corrected chi connectivity index (χ1v) is 6.24. The number of nitrogens with zero attached hydrogens (tertiary/aromatic N) is 1. The molecule has 1 aliphatic rings. The van der Waals surface area contributed by atoms with Crippen LogP contribution in [0.5, 0.6) is 0 Å². The smallest absolute Gasteiger partial charge is 0.225 e. The average molecular weight is 212 g/mol. The molecular weight excluding hydrogens is 188 g/mol. The molecule has 0 aromatic heterocycles. The summed E-state index contributed by atoms with van der Waals surface area (Å²) in [6.07, 6.45) is 6.76. The Morgan fingerprint density at radius 3 is 2.53 bits per heavy atom. The van der Waals surface area contributed by atoms with E-state index in [9.17, 15) is 4.79 Å². The van der Waals surface area contributed by atoms with E-state index in [1.54, 1.807) is 0 Å². The summed E-state index contributed by atoms with van der Waals surface area (Å²) in [5.74, 6) is 0.543. The fraction of sp³-hybridized carbons (Fsp3) is 0.917. The number of likely N-dealkylation sites (tertiary alicyclic amines) is 1. The number of rotatable bonds is 5. The van der Waals surface area contributed by atoms with Crippen LogP contribution in [0.4, 0.5) is 0 Å². The van der Waals surface area contributed by atoms with Crippen molar-refractivity contribution in [1.29, 1.82) is 0 Å². The van der Waals surface area contributed by atoms with Gasteiger partial charge in [0.05, 0.1) is 0 Å². The van der Waals surface area contributed by atoms with Crippen LogP contribution < -0.4 is 5.73 Å². The van der Waals surface area contributed by atoms with Crippen molar-refractivity contribution in [2.75, 3.05) is 19.6 Å². The second-order valence-corrected chi connectivity index (χ2v) is 4.57. The van der Waals surface area contributed by atoms with Crippen molar-refractivity contribution >= 4 is 5.91 Å². The zero-order valence-corrected chi connectivity index (χ0v) is 9.87. The minimum atomic E-state index is 0.189. The van der Waals surface area contributed by atoms with E-state index in [0.717, 1.165) is 38.9 Å². The molecule has 1 heterocycles. The van der Waals surface area contributed by atoms with Gasteiger partial charge in [-0.05, 0) is 38.6 Å². The molecule has 15 heavy (non-hydrogen) atoms. The summed E-state index contributed by atoms with van der Waals surface area (Å²) in [4.78, 5) is 14.0. The van der Waals surface area contributed by atoms with Crippen molar-refractivity contribution in [1.82, 2.24) is 4.90 Å². The van der Waals surface area contributed by atoms with Gasteiger partial charge in [0, 0.05) is 19.0 Å². The van der Waals surface area contributed by atoms with Crippen molar-refractivity contribution in [2.45, 2.75) is 45.4 Å². The third-order valence-electron chi connectivity index (χ3n) is 3.18. The molecular formula is C12H24N2O. The van der Waals surface area contributed by atoms with Crippen LogP contribution in [0.1, 0.15) is 45.4 Å². The summed E-state index contributed by atoms with van der Waals surface area (Å²) >= 11 is 0. The molecule has 1 rings (SSSR count). The molecule has 3 heteroatoms. The Balaban J connectivity index is 2.24. The topological polar surface area (TPSA) is 46.3 Å². The van der Waals surface area contributed by atoms with E-state index in [-0.39, 0.29) is 5.92 Å². The van der Waals surface area contributed by atoms with Crippen molar-refractivity contribution in [3.05, 3.63) is 0 Å². The lowest BCUT2D eigenvalue weighted by Gasteiger charge is -2.29. The SMILES string of the molecule is C[C@@H](CCCCN)C(=O)N1CCCCC1. The summed E-state index contributed by atoms with van der Waals surface area (Å²) < 4.78 is 0. The highest BCUT2D eigenvalue weighted by molar-refractivity contribution is 5.78. The molecule has 2 N–H and O–H groups in total. The van der Waals surface area contributed by atoms with Crippen LogP contribution in [0.15, 0.2) is 0 Å². The van der Waals surface area contributed by atoms with Gasteiger partial charge in [-0.2, -0.15) is 0 Å². The van der Waals surface area contributed by atoms with Gasteiger partial charge in [0.1, 0.15) is 0 Å². The van der Waals surface area contributed by atoms with Crippen LogP contribution in [0.2, 0.25) is 0 Å². The third-order valence-corrected chi connectivity index (χ3v) is 3.18. The van der Waals surface area contributed by atoms with Crippen molar-refractivity contribution in [2.24, 2.45) is 11.7 Å². The molecule has 0 unspecified atom stereocenters. The number of carbonyl (C=O) groups is 1. The molecule has 3 nitrogen and oxygen atoms in total. The average Bonchev–Trinajstić information content (AvgIpc) is 2.29. The van der Waals surface area contributed by atoms with Crippen LogP contribution in [0.3, 0.4) is 0 Å². The molecule has 1 atom stereocenters.